The van der Waals surface area contributed by atoms with E-state index in [9.17, 15) is 4.79 Å². The average molecular weight is 567 g/mol. The Bertz CT molecular complexity index is 535. The zero-order valence-electron chi connectivity index (χ0n) is 20.5. The van der Waals surface area contributed by atoms with Gasteiger partial charge in [0.25, 0.3) is 0 Å². The summed E-state index contributed by atoms with van der Waals surface area (Å²) in [4.78, 5) is 21.2. The first-order valence-electron chi connectivity index (χ1n) is 12.3. The molecule has 2 saturated heterocycles. The van der Waals surface area contributed by atoms with Crippen molar-refractivity contribution in [3.63, 3.8) is 0 Å². The highest BCUT2D eigenvalue weighted by Crippen LogP contribution is 2.17. The third kappa shape index (κ3) is 11.5. The maximum absolute atomic E-state index is 11.3. The van der Waals surface area contributed by atoms with Gasteiger partial charge in [0.05, 0.1) is 19.8 Å². The number of carbonyl (C=O) groups excluding carboxylic acids is 1. The topological polar surface area (TPSA) is 95.2 Å². The summed E-state index contributed by atoms with van der Waals surface area (Å²) in [5.74, 6) is 1.52. The fourth-order valence-electron chi connectivity index (χ4n) is 4.47. The van der Waals surface area contributed by atoms with Gasteiger partial charge in [-0.3, -0.25) is 14.7 Å². The van der Waals surface area contributed by atoms with E-state index in [0.717, 1.165) is 104 Å². The number of primary amides is 1. The molecule has 1 unspecified atom stereocenters. The normalized spacial score (nSPS) is 20.1. The number of ether oxygens (including phenoxy) is 1. The number of rotatable bonds is 12. The van der Waals surface area contributed by atoms with Crippen LogP contribution in [0.4, 0.5) is 0 Å². The van der Waals surface area contributed by atoms with Crippen molar-refractivity contribution in [3.05, 3.63) is 0 Å². The number of guanidine groups is 1. The Morgan fingerprint density at radius 1 is 1.12 bits per heavy atom. The number of morpholine rings is 1. The molecule has 4 N–H and O–H groups in total. The quantitative estimate of drug-likeness (QED) is 0.145. The molecule has 0 aliphatic carbocycles. The lowest BCUT2D eigenvalue weighted by atomic mass is 9.96. The maximum Gasteiger partial charge on any atom is 0.220 e. The smallest absolute Gasteiger partial charge is 0.220 e. The van der Waals surface area contributed by atoms with Crippen molar-refractivity contribution in [2.24, 2.45) is 22.6 Å². The fraction of sp³-hybridized carbons (Fsp3) is 0.913. The molecule has 32 heavy (non-hydrogen) atoms. The molecule has 0 aromatic carbocycles. The summed E-state index contributed by atoms with van der Waals surface area (Å²) in [6.45, 7) is 16.1. The van der Waals surface area contributed by atoms with E-state index in [-0.39, 0.29) is 35.8 Å². The number of nitrogens with zero attached hydrogens (tertiary/aromatic N) is 3. The minimum atomic E-state index is -0.136. The molecule has 0 aromatic rings. The number of hydrogen-bond acceptors (Lipinski definition) is 5. The lowest BCUT2D eigenvalue weighted by Gasteiger charge is -2.34. The number of amides is 1. The van der Waals surface area contributed by atoms with Crippen LogP contribution in [-0.2, 0) is 9.53 Å². The van der Waals surface area contributed by atoms with E-state index in [2.05, 4.69) is 41.2 Å². The van der Waals surface area contributed by atoms with E-state index >= 15 is 0 Å². The molecule has 1 amide bonds. The van der Waals surface area contributed by atoms with E-state index in [1.54, 1.807) is 0 Å². The summed E-state index contributed by atoms with van der Waals surface area (Å²) < 4.78 is 5.53. The molecule has 1 atom stereocenters. The Labute approximate surface area is 212 Å². The molecule has 0 bridgehead atoms. The molecule has 0 radical (unpaired) electrons. The summed E-state index contributed by atoms with van der Waals surface area (Å²) in [6.07, 6.45) is 5.24. The van der Waals surface area contributed by atoms with E-state index in [1.165, 1.54) is 0 Å². The van der Waals surface area contributed by atoms with E-state index in [4.69, 9.17) is 15.5 Å². The highest BCUT2D eigenvalue weighted by atomic mass is 127. The van der Waals surface area contributed by atoms with Crippen molar-refractivity contribution >= 4 is 35.8 Å². The van der Waals surface area contributed by atoms with Gasteiger partial charge in [0, 0.05) is 38.1 Å². The number of hydrogen-bond donors (Lipinski definition) is 3. The van der Waals surface area contributed by atoms with Gasteiger partial charge in [0.1, 0.15) is 0 Å². The zero-order chi connectivity index (χ0) is 22.5. The Balaban J connectivity index is 0.00000512. The number of nitrogens with two attached hydrogens (primary N) is 1. The minimum absolute atomic E-state index is 0. The number of likely N-dealkylation sites (tertiary alicyclic amines) is 1. The number of aliphatic imine (C=N–C) groups is 1. The summed E-state index contributed by atoms with van der Waals surface area (Å²) in [7, 11) is 0. The first kappa shape index (κ1) is 29.4. The average Bonchev–Trinajstić information content (AvgIpc) is 2.76. The van der Waals surface area contributed by atoms with Crippen LogP contribution in [-0.4, -0.2) is 93.3 Å². The van der Waals surface area contributed by atoms with Crippen LogP contribution in [0.25, 0.3) is 0 Å². The van der Waals surface area contributed by atoms with Crippen LogP contribution in [0.2, 0.25) is 0 Å². The predicted molar refractivity (Wildman–Crippen MR) is 143 cm³/mol. The standard InChI is InChI=1S/C23H46N6O2.HI/c1-4-25-23(27-18-21(17-19(2)3)29-13-15-31-16-14-29)26-9-5-6-10-28-11-7-20(8-12-28)22(24)30;/h19-21H,4-18H2,1-3H3,(H2,24,30)(H2,25,26,27);1H. The van der Waals surface area contributed by atoms with Crippen LogP contribution in [0.1, 0.15) is 52.9 Å². The van der Waals surface area contributed by atoms with Crippen molar-refractivity contribution in [2.75, 3.05) is 65.6 Å². The first-order chi connectivity index (χ1) is 15.0. The number of piperidine rings is 1. The number of halogens is 1. The van der Waals surface area contributed by atoms with Gasteiger partial charge in [-0.05, 0) is 64.6 Å². The van der Waals surface area contributed by atoms with Gasteiger partial charge in [-0.2, -0.15) is 0 Å². The Morgan fingerprint density at radius 2 is 1.81 bits per heavy atom. The van der Waals surface area contributed by atoms with Gasteiger partial charge in [-0.1, -0.05) is 13.8 Å². The van der Waals surface area contributed by atoms with Crippen molar-refractivity contribution in [2.45, 2.75) is 58.9 Å². The Hall–Kier alpha value is -0.650. The largest absolute Gasteiger partial charge is 0.379 e. The monoisotopic (exact) mass is 566 g/mol. The third-order valence-electron chi connectivity index (χ3n) is 6.29. The van der Waals surface area contributed by atoms with E-state index in [0.29, 0.717) is 12.0 Å². The van der Waals surface area contributed by atoms with E-state index < -0.39 is 0 Å². The second-order valence-electron chi connectivity index (χ2n) is 9.30. The zero-order valence-corrected chi connectivity index (χ0v) is 22.8. The van der Waals surface area contributed by atoms with Crippen LogP contribution >= 0.6 is 24.0 Å². The molecule has 0 saturated carbocycles. The van der Waals surface area contributed by atoms with Gasteiger partial charge >= 0.3 is 0 Å². The predicted octanol–water partition coefficient (Wildman–Crippen LogP) is 1.88. The van der Waals surface area contributed by atoms with Crippen LogP contribution in [0.3, 0.4) is 0 Å². The molecular weight excluding hydrogens is 519 g/mol. The lowest BCUT2D eigenvalue weighted by molar-refractivity contribution is -0.123. The van der Waals surface area contributed by atoms with Crippen molar-refractivity contribution in [1.29, 1.82) is 0 Å². The van der Waals surface area contributed by atoms with Crippen LogP contribution in [0.15, 0.2) is 4.99 Å². The maximum atomic E-state index is 11.3. The Kier molecular flexibility index (Phi) is 15.5. The second kappa shape index (κ2) is 16.9. The molecule has 2 heterocycles. The molecule has 8 nitrogen and oxygen atoms in total. The van der Waals surface area contributed by atoms with Crippen molar-refractivity contribution in [3.8, 4) is 0 Å². The highest BCUT2D eigenvalue weighted by molar-refractivity contribution is 14.0. The highest BCUT2D eigenvalue weighted by Gasteiger charge is 2.23. The second-order valence-corrected chi connectivity index (χ2v) is 9.30. The molecule has 2 rings (SSSR count). The number of unbranched alkanes of at least 4 members (excludes halogenated alkanes) is 1. The summed E-state index contributed by atoms with van der Waals surface area (Å²) in [6, 6.07) is 0.475. The molecule has 0 aromatic heterocycles. The van der Waals surface area contributed by atoms with Gasteiger partial charge < -0.3 is 26.0 Å². The van der Waals surface area contributed by atoms with Gasteiger partial charge in [-0.25, -0.2) is 0 Å². The molecule has 188 valence electrons. The van der Waals surface area contributed by atoms with Crippen LogP contribution < -0.4 is 16.4 Å². The molecule has 0 spiro atoms. The third-order valence-corrected chi connectivity index (χ3v) is 6.29. The number of nitrogens with one attached hydrogen (secondary N) is 2. The molecule has 2 aliphatic rings. The van der Waals surface area contributed by atoms with E-state index in [1.807, 2.05) is 0 Å². The lowest BCUT2D eigenvalue weighted by Crippen LogP contribution is -2.46. The van der Waals surface area contributed by atoms with Crippen LogP contribution in [0.5, 0.6) is 0 Å². The van der Waals surface area contributed by atoms with Crippen molar-refractivity contribution < 1.29 is 9.53 Å². The van der Waals surface area contributed by atoms with Crippen molar-refractivity contribution in [1.82, 2.24) is 20.4 Å². The summed E-state index contributed by atoms with van der Waals surface area (Å²) in [5, 5.41) is 6.90. The molecule has 2 fully saturated rings. The Morgan fingerprint density at radius 3 is 2.41 bits per heavy atom. The van der Waals surface area contributed by atoms with Gasteiger partial charge in [0.15, 0.2) is 5.96 Å². The van der Waals surface area contributed by atoms with Crippen LogP contribution in [0, 0.1) is 11.8 Å². The molecule has 2 aliphatic heterocycles. The molecular formula is C23H47IN6O2. The molecule has 9 heteroatoms. The van der Waals surface area contributed by atoms with Gasteiger partial charge in [-0.15, -0.1) is 24.0 Å². The number of carbonyl (C=O) groups is 1. The minimum Gasteiger partial charge on any atom is -0.379 e. The summed E-state index contributed by atoms with van der Waals surface area (Å²) >= 11 is 0. The summed E-state index contributed by atoms with van der Waals surface area (Å²) in [5.41, 5.74) is 5.42. The fourth-order valence-corrected chi connectivity index (χ4v) is 4.47. The van der Waals surface area contributed by atoms with Gasteiger partial charge in [0.2, 0.25) is 5.91 Å². The SMILES string of the molecule is CCNC(=NCC(CC(C)C)N1CCOCC1)NCCCCN1CCC(C(N)=O)CC1.I. The first-order valence-corrected chi connectivity index (χ1v) is 12.3.